The zero-order valence-electron chi connectivity index (χ0n) is 19.8. The van der Waals surface area contributed by atoms with Gasteiger partial charge in [-0.15, -0.1) is 11.8 Å². The molecule has 0 spiro atoms. The maximum Gasteiger partial charge on any atom is 0.291 e. The average molecular weight is 476 g/mol. The van der Waals surface area contributed by atoms with Gasteiger partial charge in [0, 0.05) is 11.8 Å². The fourth-order valence-corrected chi connectivity index (χ4v) is 7.92. The third-order valence-electron chi connectivity index (χ3n) is 8.53. The second-order valence-electron chi connectivity index (χ2n) is 11.6. The highest BCUT2D eigenvalue weighted by molar-refractivity contribution is 7.99. The maximum absolute atomic E-state index is 13.4. The second kappa shape index (κ2) is 9.16. The van der Waals surface area contributed by atoms with Crippen LogP contribution in [0.5, 0.6) is 5.88 Å². The average Bonchev–Trinajstić information content (AvgIpc) is 3.42. The zero-order valence-corrected chi connectivity index (χ0v) is 20.6. The first kappa shape index (κ1) is 23.1. The van der Waals surface area contributed by atoms with Crippen LogP contribution in [0.25, 0.3) is 0 Å². The molecule has 6 rings (SSSR count). The van der Waals surface area contributed by atoms with Crippen molar-refractivity contribution in [2.75, 3.05) is 12.4 Å². The Morgan fingerprint density at radius 1 is 1.12 bits per heavy atom. The molecule has 0 unspecified atom stereocenters. The Morgan fingerprint density at radius 3 is 2.36 bits per heavy atom. The summed E-state index contributed by atoms with van der Waals surface area (Å²) in [6, 6.07) is 0.237. The Morgan fingerprint density at radius 2 is 1.76 bits per heavy atom. The number of aromatic nitrogens is 1. The molecule has 0 saturated heterocycles. The SMILES string of the molecule is CC(C)(COc1noc(C(=O)NC2C3CC4CC(C3)CC2C4)c1SCC1CCCC1)C(N)=O. The molecule has 1 aromatic heterocycles. The van der Waals surface area contributed by atoms with E-state index in [4.69, 9.17) is 15.0 Å². The number of nitrogens with two attached hydrogens (primary N) is 1. The van der Waals surface area contributed by atoms with Crippen LogP contribution in [0.3, 0.4) is 0 Å². The number of hydrogen-bond acceptors (Lipinski definition) is 6. The minimum Gasteiger partial charge on any atom is -0.474 e. The molecular formula is C25H37N3O4S. The molecule has 7 nitrogen and oxygen atoms in total. The van der Waals surface area contributed by atoms with Crippen LogP contribution in [0.2, 0.25) is 0 Å². The van der Waals surface area contributed by atoms with Gasteiger partial charge < -0.3 is 20.3 Å². The van der Waals surface area contributed by atoms with Gasteiger partial charge in [-0.1, -0.05) is 12.8 Å². The Bertz CT molecular complexity index is 864. The van der Waals surface area contributed by atoms with Gasteiger partial charge in [0.25, 0.3) is 11.8 Å². The van der Waals surface area contributed by atoms with Gasteiger partial charge >= 0.3 is 0 Å². The molecule has 5 saturated carbocycles. The van der Waals surface area contributed by atoms with Crippen molar-refractivity contribution in [2.45, 2.75) is 82.6 Å². The minimum absolute atomic E-state index is 0.0858. The Labute approximate surface area is 200 Å². The highest BCUT2D eigenvalue weighted by Gasteiger charge is 2.49. The largest absolute Gasteiger partial charge is 0.474 e. The molecule has 1 heterocycles. The number of amides is 2. The quantitative estimate of drug-likeness (QED) is 0.513. The van der Waals surface area contributed by atoms with Crippen molar-refractivity contribution < 1.29 is 18.8 Å². The molecule has 5 fully saturated rings. The summed E-state index contributed by atoms with van der Waals surface area (Å²) in [5.74, 6) is 4.37. The molecule has 3 N–H and O–H groups in total. The van der Waals surface area contributed by atoms with Gasteiger partial charge in [0.15, 0.2) is 0 Å². The molecule has 0 aliphatic heterocycles. The molecule has 182 valence electrons. The van der Waals surface area contributed by atoms with Gasteiger partial charge in [0.05, 0.1) is 5.41 Å². The van der Waals surface area contributed by atoms with E-state index < -0.39 is 11.3 Å². The van der Waals surface area contributed by atoms with Crippen LogP contribution in [0.1, 0.15) is 82.2 Å². The van der Waals surface area contributed by atoms with Crippen LogP contribution in [-0.4, -0.2) is 35.4 Å². The fourth-order valence-electron chi connectivity index (χ4n) is 6.71. The van der Waals surface area contributed by atoms with Crippen LogP contribution < -0.4 is 15.8 Å². The lowest BCUT2D eigenvalue weighted by Crippen LogP contribution is -2.55. The Balaban J connectivity index is 1.31. The smallest absolute Gasteiger partial charge is 0.291 e. The lowest BCUT2D eigenvalue weighted by Gasteiger charge is -2.54. The van der Waals surface area contributed by atoms with Gasteiger partial charge in [-0.25, -0.2) is 0 Å². The first-order valence-corrected chi connectivity index (χ1v) is 13.6. The van der Waals surface area contributed by atoms with Crippen molar-refractivity contribution in [3.8, 4) is 5.88 Å². The zero-order chi connectivity index (χ0) is 23.2. The van der Waals surface area contributed by atoms with E-state index in [2.05, 4.69) is 10.5 Å². The summed E-state index contributed by atoms with van der Waals surface area (Å²) < 4.78 is 11.5. The standard InChI is InChI=1S/C25H37N3O4S/c1-25(2,24(26)30)13-31-23-21(33-12-14-5-3-4-6-14)20(32-28-23)22(29)27-19-17-8-15-7-16(10-17)11-18(19)9-15/h14-19H,3-13H2,1-2H3,(H2,26,30)(H,27,29). The molecule has 8 heteroatoms. The van der Waals surface area contributed by atoms with Crippen molar-refractivity contribution in [3.05, 3.63) is 5.76 Å². The van der Waals surface area contributed by atoms with Crippen molar-refractivity contribution in [2.24, 2.45) is 40.7 Å². The first-order chi connectivity index (χ1) is 15.8. The maximum atomic E-state index is 13.4. The second-order valence-corrected chi connectivity index (χ2v) is 12.6. The molecule has 5 aliphatic rings. The van der Waals surface area contributed by atoms with E-state index in [9.17, 15) is 9.59 Å². The predicted molar refractivity (Wildman–Crippen MR) is 126 cm³/mol. The number of nitrogens with one attached hydrogen (secondary N) is 1. The summed E-state index contributed by atoms with van der Waals surface area (Å²) in [6.45, 7) is 3.56. The number of carbonyl (C=O) groups is 2. The van der Waals surface area contributed by atoms with E-state index in [0.29, 0.717) is 28.5 Å². The third kappa shape index (κ3) is 4.77. The fraction of sp³-hybridized carbons (Fsp3) is 0.800. The van der Waals surface area contributed by atoms with Crippen LogP contribution in [0.15, 0.2) is 9.42 Å². The van der Waals surface area contributed by atoms with Crippen molar-refractivity contribution in [1.82, 2.24) is 10.5 Å². The van der Waals surface area contributed by atoms with Crippen LogP contribution in [0.4, 0.5) is 0 Å². The molecule has 0 aromatic carbocycles. The van der Waals surface area contributed by atoms with Crippen molar-refractivity contribution in [1.29, 1.82) is 0 Å². The number of ether oxygens (including phenoxy) is 1. The number of nitrogens with zero attached hydrogens (tertiary/aromatic N) is 1. The van der Waals surface area contributed by atoms with Gasteiger partial charge in [-0.05, 0) is 93.5 Å². The van der Waals surface area contributed by atoms with E-state index in [1.807, 2.05) is 0 Å². The Hall–Kier alpha value is -1.70. The highest BCUT2D eigenvalue weighted by Crippen LogP contribution is 2.53. The van der Waals surface area contributed by atoms with Crippen LogP contribution in [-0.2, 0) is 4.79 Å². The van der Waals surface area contributed by atoms with Gasteiger partial charge in [0.2, 0.25) is 11.7 Å². The third-order valence-corrected chi connectivity index (χ3v) is 9.81. The number of primary amides is 1. The van der Waals surface area contributed by atoms with E-state index in [1.165, 1.54) is 57.8 Å². The predicted octanol–water partition coefficient (Wildman–Crippen LogP) is 4.40. The molecule has 0 atom stereocenters. The molecule has 1 aromatic rings. The van der Waals surface area contributed by atoms with Crippen molar-refractivity contribution in [3.63, 3.8) is 0 Å². The monoisotopic (exact) mass is 475 g/mol. The number of hydrogen-bond donors (Lipinski definition) is 2. The summed E-state index contributed by atoms with van der Waals surface area (Å²) in [5, 5.41) is 7.43. The molecular weight excluding hydrogens is 438 g/mol. The number of carbonyl (C=O) groups excluding carboxylic acids is 2. The van der Waals surface area contributed by atoms with Crippen LogP contribution >= 0.6 is 11.8 Å². The normalized spacial score (nSPS) is 31.2. The molecule has 0 radical (unpaired) electrons. The molecule has 2 amide bonds. The minimum atomic E-state index is -0.838. The van der Waals surface area contributed by atoms with E-state index in [1.54, 1.807) is 25.6 Å². The summed E-state index contributed by atoms with van der Waals surface area (Å²) in [7, 11) is 0. The number of thioether (sulfide) groups is 1. The van der Waals surface area contributed by atoms with Crippen LogP contribution in [0, 0.1) is 35.0 Å². The summed E-state index contributed by atoms with van der Waals surface area (Å²) >= 11 is 1.60. The van der Waals surface area contributed by atoms with Gasteiger partial charge in [-0.2, -0.15) is 0 Å². The molecule has 33 heavy (non-hydrogen) atoms. The van der Waals surface area contributed by atoms with E-state index >= 15 is 0 Å². The topological polar surface area (TPSA) is 107 Å². The summed E-state index contributed by atoms with van der Waals surface area (Å²) in [6.07, 6.45) is 11.3. The highest BCUT2D eigenvalue weighted by atomic mass is 32.2. The van der Waals surface area contributed by atoms with Gasteiger partial charge in [-0.3, -0.25) is 9.59 Å². The Kier molecular flexibility index (Phi) is 6.40. The lowest BCUT2D eigenvalue weighted by atomic mass is 9.54. The first-order valence-electron chi connectivity index (χ1n) is 12.7. The lowest BCUT2D eigenvalue weighted by molar-refractivity contribution is -0.127. The van der Waals surface area contributed by atoms with Gasteiger partial charge in [0.1, 0.15) is 11.5 Å². The van der Waals surface area contributed by atoms with E-state index in [-0.39, 0.29) is 24.3 Å². The van der Waals surface area contributed by atoms with E-state index in [0.717, 1.165) is 17.6 Å². The van der Waals surface area contributed by atoms with Crippen molar-refractivity contribution >= 4 is 23.6 Å². The number of rotatable bonds is 9. The molecule has 5 aliphatic carbocycles. The molecule has 4 bridgehead atoms. The summed E-state index contributed by atoms with van der Waals surface area (Å²) in [4.78, 5) is 25.8. The summed E-state index contributed by atoms with van der Waals surface area (Å²) in [5.41, 5.74) is 4.66.